The topological polar surface area (TPSA) is 24.4 Å². The van der Waals surface area contributed by atoms with E-state index in [2.05, 4.69) is 49.5 Å². The van der Waals surface area contributed by atoms with E-state index in [1.54, 1.807) is 5.57 Å². The molecule has 0 spiro atoms. The van der Waals surface area contributed by atoms with Crippen LogP contribution in [0.2, 0.25) is 0 Å². The van der Waals surface area contributed by atoms with Crippen LogP contribution in [0.1, 0.15) is 64.0 Å². The second-order valence-electron chi connectivity index (χ2n) is 6.79. The molecule has 2 nitrogen and oxygen atoms in total. The fourth-order valence-corrected chi connectivity index (χ4v) is 3.47. The third kappa shape index (κ3) is 3.74. The minimum Gasteiger partial charge on any atom is -0.377 e. The molecular weight excluding hydrogens is 280 g/mol. The van der Waals surface area contributed by atoms with Gasteiger partial charge in [0.2, 0.25) is 0 Å². The van der Waals surface area contributed by atoms with E-state index in [0.29, 0.717) is 6.04 Å². The standard InChI is InChI=1S/C21H28N2/c1-15-9-7-8-12-19(15)21(22-3)20(18-13-14-18)23-16(2)17-10-5-4-6-11-17/h4-6,10-11,16,23H,7-9,12-14H2,1-3H3/b22-21+. The van der Waals surface area contributed by atoms with E-state index in [0.717, 1.165) is 0 Å². The molecule has 0 saturated heterocycles. The first kappa shape index (κ1) is 16.0. The number of benzene rings is 1. The van der Waals surface area contributed by atoms with Crippen molar-refractivity contribution in [2.75, 3.05) is 7.05 Å². The maximum atomic E-state index is 4.71. The van der Waals surface area contributed by atoms with Crippen molar-refractivity contribution >= 4 is 5.71 Å². The lowest BCUT2D eigenvalue weighted by molar-refractivity contribution is 0.662. The predicted molar refractivity (Wildman–Crippen MR) is 98.8 cm³/mol. The molecule has 1 aromatic carbocycles. The summed E-state index contributed by atoms with van der Waals surface area (Å²) in [7, 11) is 1.95. The number of nitrogens with zero attached hydrogens (tertiary/aromatic N) is 1. The molecule has 1 saturated carbocycles. The molecular formula is C21H28N2. The van der Waals surface area contributed by atoms with E-state index in [1.807, 2.05) is 7.05 Å². The number of aliphatic imine (C=N–C) groups is 1. The Balaban J connectivity index is 1.87. The van der Waals surface area contributed by atoms with E-state index in [4.69, 9.17) is 4.99 Å². The molecule has 3 rings (SSSR count). The monoisotopic (exact) mass is 308 g/mol. The summed E-state index contributed by atoms with van der Waals surface area (Å²) in [4.78, 5) is 4.71. The molecule has 2 aliphatic rings. The summed E-state index contributed by atoms with van der Waals surface area (Å²) in [5.74, 6) is 0. The van der Waals surface area contributed by atoms with Crippen molar-refractivity contribution in [3.63, 3.8) is 0 Å². The Morgan fingerprint density at radius 2 is 1.74 bits per heavy atom. The molecule has 1 fully saturated rings. The van der Waals surface area contributed by atoms with Gasteiger partial charge in [0.25, 0.3) is 0 Å². The summed E-state index contributed by atoms with van der Waals surface area (Å²) in [6.45, 7) is 4.53. The summed E-state index contributed by atoms with van der Waals surface area (Å²) in [5.41, 5.74) is 8.42. The minimum absolute atomic E-state index is 0.306. The fourth-order valence-electron chi connectivity index (χ4n) is 3.47. The number of nitrogens with one attached hydrogen (secondary N) is 1. The van der Waals surface area contributed by atoms with E-state index < -0.39 is 0 Å². The molecule has 1 aromatic rings. The van der Waals surface area contributed by atoms with Crippen molar-refractivity contribution < 1.29 is 0 Å². The quantitative estimate of drug-likeness (QED) is 0.729. The maximum Gasteiger partial charge on any atom is 0.0833 e. The van der Waals surface area contributed by atoms with Gasteiger partial charge >= 0.3 is 0 Å². The first-order valence-corrected chi connectivity index (χ1v) is 8.90. The van der Waals surface area contributed by atoms with Crippen LogP contribution in [0, 0.1) is 0 Å². The van der Waals surface area contributed by atoms with Crippen LogP contribution in [0.4, 0.5) is 0 Å². The van der Waals surface area contributed by atoms with Crippen LogP contribution in [0.15, 0.2) is 57.7 Å². The summed E-state index contributed by atoms with van der Waals surface area (Å²) >= 11 is 0. The molecule has 0 bridgehead atoms. The second kappa shape index (κ2) is 7.16. The SMILES string of the molecule is C/N=C(\C1=C(C)CCCC1)C(NC(C)c1ccccc1)=C1CC1. The molecule has 23 heavy (non-hydrogen) atoms. The number of rotatable bonds is 5. The second-order valence-corrected chi connectivity index (χ2v) is 6.79. The number of allylic oxidation sites excluding steroid dienone is 3. The lowest BCUT2D eigenvalue weighted by Crippen LogP contribution is -2.26. The Bertz CT molecular complexity index is 644. The third-order valence-electron chi connectivity index (χ3n) is 5.00. The summed E-state index contributed by atoms with van der Waals surface area (Å²) in [5, 5.41) is 3.78. The van der Waals surface area contributed by atoms with Crippen LogP contribution in [0.5, 0.6) is 0 Å². The third-order valence-corrected chi connectivity index (χ3v) is 5.00. The van der Waals surface area contributed by atoms with E-state index >= 15 is 0 Å². The molecule has 122 valence electrons. The normalized spacial score (nSPS) is 19.6. The Labute approximate surface area is 140 Å². The van der Waals surface area contributed by atoms with Crippen molar-refractivity contribution in [2.24, 2.45) is 4.99 Å². The van der Waals surface area contributed by atoms with Gasteiger partial charge in [-0.1, -0.05) is 35.9 Å². The van der Waals surface area contributed by atoms with Crippen molar-refractivity contribution in [3.05, 3.63) is 58.3 Å². The van der Waals surface area contributed by atoms with Gasteiger partial charge in [0.15, 0.2) is 0 Å². The molecule has 1 atom stereocenters. The van der Waals surface area contributed by atoms with Crippen molar-refractivity contribution in [1.82, 2.24) is 5.32 Å². The Hall–Kier alpha value is -1.83. The first-order valence-electron chi connectivity index (χ1n) is 8.90. The van der Waals surface area contributed by atoms with Crippen molar-refractivity contribution in [2.45, 2.75) is 58.4 Å². The zero-order valence-corrected chi connectivity index (χ0v) is 14.7. The van der Waals surface area contributed by atoms with E-state index in [1.165, 1.54) is 66.6 Å². The highest BCUT2D eigenvalue weighted by Gasteiger charge is 2.26. The molecule has 2 heteroatoms. The zero-order chi connectivity index (χ0) is 16.2. The molecule has 0 heterocycles. The molecule has 1 unspecified atom stereocenters. The fraction of sp³-hybridized carbons (Fsp3) is 0.476. The van der Waals surface area contributed by atoms with Crippen LogP contribution in [0.3, 0.4) is 0 Å². The summed E-state index contributed by atoms with van der Waals surface area (Å²) < 4.78 is 0. The largest absolute Gasteiger partial charge is 0.377 e. The van der Waals surface area contributed by atoms with E-state index in [-0.39, 0.29) is 0 Å². The predicted octanol–water partition coefficient (Wildman–Crippen LogP) is 5.35. The molecule has 0 aromatic heterocycles. The molecule has 0 radical (unpaired) electrons. The van der Waals surface area contributed by atoms with E-state index in [9.17, 15) is 0 Å². The van der Waals surface area contributed by atoms with Gasteiger partial charge in [-0.25, -0.2) is 0 Å². The van der Waals surface area contributed by atoms with Gasteiger partial charge in [-0.15, -0.1) is 0 Å². The Morgan fingerprint density at radius 1 is 1.04 bits per heavy atom. The average Bonchev–Trinajstić information content (AvgIpc) is 3.41. The van der Waals surface area contributed by atoms with Gasteiger partial charge in [-0.05, 0) is 69.1 Å². The highest BCUT2D eigenvalue weighted by Crippen LogP contribution is 2.36. The summed E-state index contributed by atoms with van der Waals surface area (Å²) in [6.07, 6.45) is 7.46. The highest BCUT2D eigenvalue weighted by molar-refractivity contribution is 6.13. The van der Waals surface area contributed by atoms with Crippen LogP contribution >= 0.6 is 0 Å². The van der Waals surface area contributed by atoms with Crippen LogP contribution in [0.25, 0.3) is 0 Å². The van der Waals surface area contributed by atoms with Gasteiger partial charge in [0, 0.05) is 13.1 Å². The summed E-state index contributed by atoms with van der Waals surface area (Å²) in [6, 6.07) is 11.0. The zero-order valence-electron chi connectivity index (χ0n) is 14.7. The smallest absolute Gasteiger partial charge is 0.0833 e. The van der Waals surface area contributed by atoms with Gasteiger partial charge in [-0.3, -0.25) is 4.99 Å². The Kier molecular flexibility index (Phi) is 5.00. The minimum atomic E-state index is 0.306. The maximum absolute atomic E-state index is 4.71. The van der Waals surface area contributed by atoms with Crippen LogP contribution < -0.4 is 5.32 Å². The van der Waals surface area contributed by atoms with Gasteiger partial charge in [0.05, 0.1) is 11.4 Å². The lowest BCUT2D eigenvalue weighted by Gasteiger charge is -2.24. The van der Waals surface area contributed by atoms with Gasteiger partial charge in [-0.2, -0.15) is 0 Å². The lowest BCUT2D eigenvalue weighted by atomic mass is 9.88. The van der Waals surface area contributed by atoms with Crippen molar-refractivity contribution in [1.29, 1.82) is 0 Å². The molecule has 0 aliphatic heterocycles. The molecule has 2 aliphatic carbocycles. The van der Waals surface area contributed by atoms with Crippen LogP contribution in [-0.2, 0) is 0 Å². The molecule has 1 N–H and O–H groups in total. The Morgan fingerprint density at radius 3 is 2.35 bits per heavy atom. The first-order chi connectivity index (χ1) is 11.2. The van der Waals surface area contributed by atoms with Crippen molar-refractivity contribution in [3.8, 4) is 0 Å². The van der Waals surface area contributed by atoms with Gasteiger partial charge in [0.1, 0.15) is 0 Å². The number of hydrogen-bond donors (Lipinski definition) is 1. The van der Waals surface area contributed by atoms with Gasteiger partial charge < -0.3 is 5.32 Å². The number of hydrogen-bond acceptors (Lipinski definition) is 2. The highest BCUT2D eigenvalue weighted by atomic mass is 15.0. The molecule has 0 amide bonds. The average molecular weight is 308 g/mol. The van der Waals surface area contributed by atoms with Crippen LogP contribution in [-0.4, -0.2) is 12.8 Å².